The third-order valence-electron chi connectivity index (χ3n) is 5.34. The van der Waals surface area contributed by atoms with E-state index in [1.165, 1.54) is 41.3 Å². The van der Waals surface area contributed by atoms with Crippen molar-refractivity contribution in [3.05, 3.63) is 34.3 Å². The summed E-state index contributed by atoms with van der Waals surface area (Å²) >= 11 is 1.84. The first-order valence-corrected chi connectivity index (χ1v) is 10.6. The van der Waals surface area contributed by atoms with E-state index in [0.29, 0.717) is 12.5 Å². The number of likely N-dealkylation sites (tertiary alicyclic amines) is 1. The number of urea groups is 1. The third kappa shape index (κ3) is 4.26. The van der Waals surface area contributed by atoms with Gasteiger partial charge in [0.25, 0.3) is 0 Å². The number of rotatable bonds is 5. The molecular formula is C19H27N5OS. The van der Waals surface area contributed by atoms with E-state index in [-0.39, 0.29) is 6.03 Å². The van der Waals surface area contributed by atoms with Crippen LogP contribution in [0.5, 0.6) is 0 Å². The number of carbonyl (C=O) groups is 1. The first-order valence-electron chi connectivity index (χ1n) is 9.74. The lowest BCUT2D eigenvalue weighted by atomic mass is 9.98. The molecular weight excluding hydrogens is 346 g/mol. The van der Waals surface area contributed by atoms with Gasteiger partial charge >= 0.3 is 6.03 Å². The van der Waals surface area contributed by atoms with E-state index in [1.807, 2.05) is 35.0 Å². The minimum Gasteiger partial charge on any atom is -0.338 e. The number of imidazole rings is 1. The molecule has 7 heteroatoms. The third-order valence-corrected chi connectivity index (χ3v) is 6.56. The highest BCUT2D eigenvalue weighted by molar-refractivity contribution is 7.11. The van der Waals surface area contributed by atoms with Gasteiger partial charge in [-0.3, -0.25) is 0 Å². The molecule has 1 aliphatic heterocycles. The molecule has 140 valence electrons. The van der Waals surface area contributed by atoms with Crippen LogP contribution in [0.15, 0.2) is 18.7 Å². The second-order valence-electron chi connectivity index (χ2n) is 7.38. The van der Waals surface area contributed by atoms with E-state index in [0.717, 1.165) is 38.9 Å². The zero-order chi connectivity index (χ0) is 17.8. The van der Waals surface area contributed by atoms with E-state index in [2.05, 4.69) is 14.9 Å². The van der Waals surface area contributed by atoms with E-state index < -0.39 is 0 Å². The maximum atomic E-state index is 12.5. The maximum Gasteiger partial charge on any atom is 0.317 e. The quantitative estimate of drug-likeness (QED) is 0.876. The molecule has 1 saturated heterocycles. The van der Waals surface area contributed by atoms with Gasteiger partial charge in [0.1, 0.15) is 0 Å². The molecule has 1 N–H and O–H groups in total. The summed E-state index contributed by atoms with van der Waals surface area (Å²) in [7, 11) is 0. The molecule has 2 aliphatic rings. The Hall–Kier alpha value is -1.89. The molecule has 0 bridgehead atoms. The second kappa shape index (κ2) is 8.20. The van der Waals surface area contributed by atoms with Gasteiger partial charge in [-0.25, -0.2) is 14.8 Å². The van der Waals surface area contributed by atoms with Crippen LogP contribution in [-0.2, 0) is 25.8 Å². The largest absolute Gasteiger partial charge is 0.338 e. The molecule has 1 fully saturated rings. The molecule has 1 atom stereocenters. The van der Waals surface area contributed by atoms with Gasteiger partial charge < -0.3 is 14.8 Å². The predicted octanol–water partition coefficient (Wildman–Crippen LogP) is 2.88. The highest BCUT2D eigenvalue weighted by atomic mass is 32.1. The molecule has 2 amide bonds. The fourth-order valence-electron chi connectivity index (χ4n) is 3.99. The number of piperidine rings is 1. The summed E-state index contributed by atoms with van der Waals surface area (Å²) in [5, 5.41) is 4.27. The van der Waals surface area contributed by atoms with Crippen molar-refractivity contribution in [1.29, 1.82) is 0 Å². The number of fused-ring (bicyclic) bond motifs is 1. The smallest absolute Gasteiger partial charge is 0.317 e. The fraction of sp³-hybridized carbons (Fsp3) is 0.632. The molecule has 0 radical (unpaired) electrons. The summed E-state index contributed by atoms with van der Waals surface area (Å²) in [4.78, 5) is 24.8. The number of thiazole rings is 1. The SMILES string of the molecule is O=C(NCCc1nc2c(s1)CCCC2)N1CCC[C@@H](Cn2ccnc2)C1. The van der Waals surface area contributed by atoms with Crippen molar-refractivity contribution in [3.63, 3.8) is 0 Å². The Morgan fingerprint density at radius 1 is 1.31 bits per heavy atom. The monoisotopic (exact) mass is 373 g/mol. The van der Waals surface area contributed by atoms with E-state index in [1.54, 1.807) is 0 Å². The fourth-order valence-corrected chi connectivity index (χ4v) is 5.15. The normalized spacial score (nSPS) is 20.0. The molecule has 4 rings (SSSR count). The van der Waals surface area contributed by atoms with Gasteiger partial charge in [-0.15, -0.1) is 11.3 Å². The van der Waals surface area contributed by atoms with Crippen molar-refractivity contribution in [3.8, 4) is 0 Å². The number of aryl methyl sites for hydroxylation is 2. The molecule has 0 unspecified atom stereocenters. The van der Waals surface area contributed by atoms with Crippen LogP contribution in [0.3, 0.4) is 0 Å². The van der Waals surface area contributed by atoms with Gasteiger partial charge in [0.2, 0.25) is 0 Å². The van der Waals surface area contributed by atoms with Crippen LogP contribution < -0.4 is 5.32 Å². The Morgan fingerprint density at radius 2 is 2.23 bits per heavy atom. The summed E-state index contributed by atoms with van der Waals surface area (Å²) in [6.07, 6.45) is 13.6. The van der Waals surface area contributed by atoms with Crippen LogP contribution in [0.1, 0.15) is 41.3 Å². The molecule has 2 aromatic heterocycles. The van der Waals surface area contributed by atoms with E-state index in [4.69, 9.17) is 4.98 Å². The van der Waals surface area contributed by atoms with Crippen molar-refractivity contribution < 1.29 is 4.79 Å². The lowest BCUT2D eigenvalue weighted by Gasteiger charge is -2.32. The van der Waals surface area contributed by atoms with Gasteiger partial charge in [-0.2, -0.15) is 0 Å². The Labute approximate surface area is 158 Å². The molecule has 2 aromatic rings. The molecule has 0 spiro atoms. The van der Waals surface area contributed by atoms with E-state index in [9.17, 15) is 4.79 Å². The average Bonchev–Trinajstić information content (AvgIpc) is 3.31. The minimum atomic E-state index is 0.0710. The lowest BCUT2D eigenvalue weighted by molar-refractivity contribution is 0.159. The first kappa shape index (κ1) is 17.5. The lowest BCUT2D eigenvalue weighted by Crippen LogP contribution is -2.46. The highest BCUT2D eigenvalue weighted by Crippen LogP contribution is 2.26. The van der Waals surface area contributed by atoms with Gasteiger partial charge in [-0.1, -0.05) is 0 Å². The molecule has 1 aliphatic carbocycles. The van der Waals surface area contributed by atoms with Crippen LogP contribution in [0.2, 0.25) is 0 Å². The van der Waals surface area contributed by atoms with Crippen LogP contribution in [0.25, 0.3) is 0 Å². The molecule has 3 heterocycles. The zero-order valence-corrected chi connectivity index (χ0v) is 16.0. The van der Waals surface area contributed by atoms with Crippen LogP contribution >= 0.6 is 11.3 Å². The van der Waals surface area contributed by atoms with Gasteiger partial charge in [0, 0.05) is 49.9 Å². The van der Waals surface area contributed by atoms with Gasteiger partial charge in [-0.05, 0) is 44.4 Å². The highest BCUT2D eigenvalue weighted by Gasteiger charge is 2.23. The number of nitrogens with zero attached hydrogens (tertiary/aromatic N) is 4. The van der Waals surface area contributed by atoms with Gasteiger partial charge in [0.05, 0.1) is 17.0 Å². The van der Waals surface area contributed by atoms with Crippen molar-refractivity contribution in [1.82, 2.24) is 24.8 Å². The van der Waals surface area contributed by atoms with Crippen molar-refractivity contribution in [2.24, 2.45) is 5.92 Å². The molecule has 6 nitrogen and oxygen atoms in total. The number of nitrogens with one attached hydrogen (secondary N) is 1. The maximum absolute atomic E-state index is 12.5. The second-order valence-corrected chi connectivity index (χ2v) is 8.55. The Kier molecular flexibility index (Phi) is 5.53. The number of carbonyl (C=O) groups excluding carboxylic acids is 1. The standard InChI is InChI=1S/C19H27N5OS/c25-19(21-8-7-18-22-16-5-1-2-6-17(16)26-18)24-10-3-4-15(13-24)12-23-11-9-20-14-23/h9,11,14-15H,1-8,10,12-13H2,(H,21,25)/t15-/m0/s1. The Morgan fingerprint density at radius 3 is 3.08 bits per heavy atom. The Balaban J connectivity index is 1.23. The summed E-state index contributed by atoms with van der Waals surface area (Å²) in [5.74, 6) is 0.509. The number of hydrogen-bond acceptors (Lipinski definition) is 4. The average molecular weight is 374 g/mol. The van der Waals surface area contributed by atoms with Crippen LogP contribution in [-0.4, -0.2) is 45.1 Å². The Bertz CT molecular complexity index is 703. The van der Waals surface area contributed by atoms with Crippen LogP contribution in [0.4, 0.5) is 4.79 Å². The van der Waals surface area contributed by atoms with Gasteiger partial charge in [0.15, 0.2) is 0 Å². The predicted molar refractivity (Wildman–Crippen MR) is 102 cm³/mol. The molecule has 26 heavy (non-hydrogen) atoms. The number of aromatic nitrogens is 3. The molecule has 0 aromatic carbocycles. The first-order chi connectivity index (χ1) is 12.8. The number of amides is 2. The summed E-state index contributed by atoms with van der Waals surface area (Å²) in [6.45, 7) is 3.30. The minimum absolute atomic E-state index is 0.0710. The summed E-state index contributed by atoms with van der Waals surface area (Å²) in [6, 6.07) is 0.0710. The van der Waals surface area contributed by atoms with E-state index >= 15 is 0 Å². The topological polar surface area (TPSA) is 63.1 Å². The summed E-state index contributed by atoms with van der Waals surface area (Å²) < 4.78 is 2.11. The zero-order valence-electron chi connectivity index (χ0n) is 15.2. The van der Waals surface area contributed by atoms with Crippen molar-refractivity contribution >= 4 is 17.4 Å². The van der Waals surface area contributed by atoms with Crippen molar-refractivity contribution in [2.45, 2.75) is 51.5 Å². The summed E-state index contributed by atoms with van der Waals surface area (Å²) in [5.41, 5.74) is 1.31. The number of hydrogen-bond donors (Lipinski definition) is 1. The van der Waals surface area contributed by atoms with Crippen molar-refractivity contribution in [2.75, 3.05) is 19.6 Å². The molecule has 0 saturated carbocycles. The van der Waals surface area contributed by atoms with Crippen LogP contribution in [0, 0.1) is 5.92 Å².